The summed E-state index contributed by atoms with van der Waals surface area (Å²) in [5, 5.41) is 0. The smallest absolute Gasteiger partial charge is 0.374 e. The molecule has 0 saturated carbocycles. The molecular formula is C6H14O5Si2. The summed E-state index contributed by atoms with van der Waals surface area (Å²) in [6, 6.07) is 0. The summed E-state index contributed by atoms with van der Waals surface area (Å²) in [4.78, 5) is 21.0. The maximum atomic E-state index is 10.5. The predicted octanol–water partition coefficient (Wildman–Crippen LogP) is -0.170. The second-order valence-electron chi connectivity index (χ2n) is 2.49. The Balaban J connectivity index is 3.70. The van der Waals surface area contributed by atoms with Crippen molar-refractivity contribution in [2.75, 3.05) is 0 Å². The van der Waals surface area contributed by atoms with Gasteiger partial charge in [-0.2, -0.15) is 0 Å². The van der Waals surface area contributed by atoms with Crippen LogP contribution in [0.2, 0.25) is 13.1 Å². The Labute approximate surface area is 80.7 Å². The minimum Gasteiger partial charge on any atom is -0.498 e. The van der Waals surface area contributed by atoms with Crippen molar-refractivity contribution in [3.8, 4) is 0 Å². The molecule has 0 aromatic heterocycles. The molecule has 0 aliphatic heterocycles. The van der Waals surface area contributed by atoms with Crippen molar-refractivity contribution < 1.29 is 22.6 Å². The molecule has 2 atom stereocenters. The second-order valence-corrected chi connectivity index (χ2v) is 6.32. The van der Waals surface area contributed by atoms with Crippen LogP contribution in [0.1, 0.15) is 13.8 Å². The van der Waals surface area contributed by atoms with Crippen molar-refractivity contribution in [3.63, 3.8) is 0 Å². The second kappa shape index (κ2) is 5.89. The van der Waals surface area contributed by atoms with Gasteiger partial charge >= 0.3 is 18.6 Å². The molecule has 2 unspecified atom stereocenters. The van der Waals surface area contributed by atoms with Crippen molar-refractivity contribution in [2.24, 2.45) is 0 Å². The Morgan fingerprint density at radius 1 is 0.923 bits per heavy atom. The van der Waals surface area contributed by atoms with Gasteiger partial charge in [0.25, 0.3) is 11.9 Å². The maximum Gasteiger partial charge on any atom is 0.374 e. The SMILES string of the molecule is CC(=O)O[SiH](C)O[SiH](C)OC(C)=O. The van der Waals surface area contributed by atoms with Crippen molar-refractivity contribution >= 4 is 30.5 Å². The van der Waals surface area contributed by atoms with Crippen LogP contribution >= 0.6 is 0 Å². The number of carbonyl (C=O) groups is 2. The minimum absolute atomic E-state index is 0.358. The van der Waals surface area contributed by atoms with Crippen LogP contribution in [0.3, 0.4) is 0 Å². The third-order valence-electron chi connectivity index (χ3n) is 1.05. The summed E-state index contributed by atoms with van der Waals surface area (Å²) in [5.41, 5.74) is 0. The van der Waals surface area contributed by atoms with Gasteiger partial charge < -0.3 is 13.0 Å². The van der Waals surface area contributed by atoms with Gasteiger partial charge in [-0.3, -0.25) is 9.59 Å². The van der Waals surface area contributed by atoms with Crippen molar-refractivity contribution in [1.82, 2.24) is 0 Å². The predicted molar refractivity (Wildman–Crippen MR) is 50.6 cm³/mol. The van der Waals surface area contributed by atoms with Crippen LogP contribution in [-0.2, 0) is 22.6 Å². The van der Waals surface area contributed by atoms with Gasteiger partial charge in [-0.15, -0.1) is 0 Å². The van der Waals surface area contributed by atoms with Crippen LogP contribution in [-0.4, -0.2) is 30.5 Å². The van der Waals surface area contributed by atoms with Crippen LogP contribution in [0.5, 0.6) is 0 Å². The van der Waals surface area contributed by atoms with E-state index in [2.05, 4.69) is 0 Å². The van der Waals surface area contributed by atoms with Crippen LogP contribution in [0.4, 0.5) is 0 Å². The fourth-order valence-electron chi connectivity index (χ4n) is 0.793. The Morgan fingerprint density at radius 2 is 1.23 bits per heavy atom. The molecule has 5 nitrogen and oxygen atoms in total. The molecule has 0 bridgehead atoms. The Bertz CT molecular complexity index is 175. The van der Waals surface area contributed by atoms with E-state index in [1.54, 1.807) is 13.1 Å². The molecular weight excluding hydrogens is 208 g/mol. The number of carbonyl (C=O) groups excluding carboxylic acids is 2. The standard InChI is InChI=1S/C6H14O5Si2/c1-5(7)9-12(3)11-13(4)10-6(2)8/h12-13H,1-4H3. The molecule has 0 heterocycles. The molecule has 13 heavy (non-hydrogen) atoms. The third-order valence-corrected chi connectivity index (χ3v) is 5.44. The monoisotopic (exact) mass is 222 g/mol. The van der Waals surface area contributed by atoms with E-state index < -0.39 is 18.6 Å². The lowest BCUT2D eigenvalue weighted by molar-refractivity contribution is -0.133. The molecule has 7 heteroatoms. The highest BCUT2D eigenvalue weighted by atomic mass is 28.4. The highest BCUT2D eigenvalue weighted by Crippen LogP contribution is 1.95. The zero-order valence-corrected chi connectivity index (χ0v) is 10.5. The summed E-state index contributed by atoms with van der Waals surface area (Å²) in [5.74, 6) is -0.716. The van der Waals surface area contributed by atoms with E-state index in [1.807, 2.05) is 0 Å². The minimum atomic E-state index is -1.94. The highest BCUT2D eigenvalue weighted by Gasteiger charge is 2.17. The van der Waals surface area contributed by atoms with E-state index in [1.165, 1.54) is 13.8 Å². The van der Waals surface area contributed by atoms with Crippen molar-refractivity contribution in [1.29, 1.82) is 0 Å². The molecule has 76 valence electrons. The molecule has 0 aromatic carbocycles. The summed E-state index contributed by atoms with van der Waals surface area (Å²) in [6.07, 6.45) is 0. The third kappa shape index (κ3) is 7.69. The molecule has 0 saturated heterocycles. The zero-order valence-electron chi connectivity index (χ0n) is 8.20. The average Bonchev–Trinajstić information content (AvgIpc) is 1.80. The van der Waals surface area contributed by atoms with Gasteiger partial charge in [-0.25, -0.2) is 0 Å². The first-order valence-electron chi connectivity index (χ1n) is 3.91. The van der Waals surface area contributed by atoms with Crippen LogP contribution in [0.25, 0.3) is 0 Å². The quantitative estimate of drug-likeness (QED) is 0.618. The normalized spacial score (nSPS) is 14.5. The van der Waals surface area contributed by atoms with E-state index in [-0.39, 0.29) is 11.9 Å². The number of hydrogen-bond donors (Lipinski definition) is 0. The fourth-order valence-corrected chi connectivity index (χ4v) is 4.33. The van der Waals surface area contributed by atoms with Gasteiger partial charge in [-0.05, 0) is 13.1 Å². The van der Waals surface area contributed by atoms with Gasteiger partial charge in [0.05, 0.1) is 0 Å². The summed E-state index contributed by atoms with van der Waals surface area (Å²) >= 11 is 0. The number of hydrogen-bond acceptors (Lipinski definition) is 5. The van der Waals surface area contributed by atoms with Gasteiger partial charge in [0.1, 0.15) is 0 Å². The molecule has 0 amide bonds. The molecule has 0 aliphatic carbocycles. The van der Waals surface area contributed by atoms with Crippen LogP contribution in [0, 0.1) is 0 Å². The fraction of sp³-hybridized carbons (Fsp3) is 0.667. The van der Waals surface area contributed by atoms with Gasteiger partial charge in [0.15, 0.2) is 0 Å². The van der Waals surface area contributed by atoms with Gasteiger partial charge in [-0.1, -0.05) is 0 Å². The lowest BCUT2D eigenvalue weighted by Crippen LogP contribution is -2.32. The van der Waals surface area contributed by atoms with Gasteiger partial charge in [0.2, 0.25) is 0 Å². The summed E-state index contributed by atoms with van der Waals surface area (Å²) in [6.45, 7) is 6.08. The van der Waals surface area contributed by atoms with E-state index in [4.69, 9.17) is 13.0 Å². The van der Waals surface area contributed by atoms with Crippen LogP contribution < -0.4 is 0 Å². The first kappa shape index (κ1) is 12.3. The summed E-state index contributed by atoms with van der Waals surface area (Å²) in [7, 11) is -3.88. The van der Waals surface area contributed by atoms with Crippen LogP contribution in [0.15, 0.2) is 0 Å². The lowest BCUT2D eigenvalue weighted by Gasteiger charge is -2.16. The van der Waals surface area contributed by atoms with E-state index in [9.17, 15) is 9.59 Å². The van der Waals surface area contributed by atoms with E-state index in [0.29, 0.717) is 0 Å². The molecule has 0 radical (unpaired) electrons. The average molecular weight is 222 g/mol. The first-order valence-corrected chi connectivity index (χ1v) is 8.11. The molecule has 0 fully saturated rings. The molecule has 0 spiro atoms. The molecule has 0 rings (SSSR count). The largest absolute Gasteiger partial charge is 0.498 e. The Morgan fingerprint density at radius 3 is 1.46 bits per heavy atom. The lowest BCUT2D eigenvalue weighted by atomic mass is 10.9. The van der Waals surface area contributed by atoms with Crippen molar-refractivity contribution in [3.05, 3.63) is 0 Å². The molecule has 0 aliphatic rings. The van der Waals surface area contributed by atoms with E-state index in [0.717, 1.165) is 0 Å². The Kier molecular flexibility index (Phi) is 5.59. The molecule has 0 aromatic rings. The zero-order chi connectivity index (χ0) is 10.4. The van der Waals surface area contributed by atoms with E-state index >= 15 is 0 Å². The number of rotatable bonds is 4. The van der Waals surface area contributed by atoms with Crippen molar-refractivity contribution in [2.45, 2.75) is 26.9 Å². The maximum absolute atomic E-state index is 10.5. The molecule has 0 N–H and O–H groups in total. The first-order chi connectivity index (χ1) is 5.91. The Hall–Kier alpha value is -0.666. The summed E-state index contributed by atoms with van der Waals surface area (Å²) < 4.78 is 14.9. The topological polar surface area (TPSA) is 61.8 Å². The van der Waals surface area contributed by atoms with Gasteiger partial charge in [0, 0.05) is 13.8 Å². The highest BCUT2D eigenvalue weighted by molar-refractivity contribution is 6.59.